The lowest BCUT2D eigenvalue weighted by Crippen LogP contribution is -2.53. The fourth-order valence-corrected chi connectivity index (χ4v) is 3.30. The molecule has 3 rings (SSSR count). The molecule has 1 saturated heterocycles. The van der Waals surface area contributed by atoms with Crippen molar-refractivity contribution in [3.63, 3.8) is 0 Å². The Hall–Kier alpha value is -3.50. The van der Waals surface area contributed by atoms with Gasteiger partial charge in [-0.15, -0.1) is 0 Å². The number of nitrogens with zero attached hydrogens (tertiary/aromatic N) is 4. The van der Waals surface area contributed by atoms with E-state index in [0.717, 1.165) is 29.9 Å². The first kappa shape index (κ1) is 21.2. The Morgan fingerprint density at radius 3 is 2.33 bits per heavy atom. The Bertz CT molecular complexity index is 893. The number of hydrogen-bond acceptors (Lipinski definition) is 7. The molecule has 0 N–H and O–H groups in total. The molecule has 4 amide bonds. The molecule has 0 unspecified atom stereocenters. The molecule has 0 saturated carbocycles. The van der Waals surface area contributed by atoms with Gasteiger partial charge in [0.15, 0.2) is 0 Å². The summed E-state index contributed by atoms with van der Waals surface area (Å²) in [6.45, 7) is 3.00. The first-order valence-corrected chi connectivity index (χ1v) is 9.67. The zero-order valence-electron chi connectivity index (χ0n) is 16.5. The van der Waals surface area contributed by atoms with Crippen molar-refractivity contribution in [1.82, 2.24) is 14.7 Å². The molecule has 0 aliphatic carbocycles. The zero-order valence-corrected chi connectivity index (χ0v) is 16.5. The topological polar surface area (TPSA) is 130 Å². The van der Waals surface area contributed by atoms with Crippen LogP contribution in [0.4, 0.5) is 10.5 Å². The summed E-state index contributed by atoms with van der Waals surface area (Å²) in [4.78, 5) is 63.6. The average Bonchev–Trinajstić information content (AvgIpc) is 2.98. The highest BCUT2D eigenvalue weighted by Gasteiger charge is 2.39. The van der Waals surface area contributed by atoms with Crippen LogP contribution in [0.15, 0.2) is 18.2 Å². The number of unbranched alkanes of at least 4 members (excludes halogenated alkanes) is 1. The number of nitro benzene ring substituents is 1. The molecular weight excluding hydrogens is 396 g/mol. The third kappa shape index (κ3) is 4.24. The van der Waals surface area contributed by atoms with E-state index in [2.05, 4.69) is 0 Å². The summed E-state index contributed by atoms with van der Waals surface area (Å²) in [5.41, 5.74) is -0.343. The van der Waals surface area contributed by atoms with Crippen molar-refractivity contribution in [3.05, 3.63) is 39.4 Å². The summed E-state index contributed by atoms with van der Waals surface area (Å²) in [5.74, 6) is -1.82. The number of rotatable bonds is 6. The fraction of sp³-hybridized carbons (Fsp3) is 0.474. The quantitative estimate of drug-likeness (QED) is 0.294. The minimum absolute atomic E-state index is 0.0399. The molecule has 160 valence electrons. The van der Waals surface area contributed by atoms with E-state index in [1.807, 2.05) is 6.92 Å². The summed E-state index contributed by atoms with van der Waals surface area (Å²) in [6.07, 6.45) is 1.28. The molecule has 1 fully saturated rings. The van der Waals surface area contributed by atoms with Crippen LogP contribution in [0.2, 0.25) is 0 Å². The maximum atomic E-state index is 12.6. The maximum absolute atomic E-state index is 12.6. The molecule has 2 aliphatic heterocycles. The average molecular weight is 418 g/mol. The largest absolute Gasteiger partial charge is 0.449 e. The smallest absolute Gasteiger partial charge is 0.409 e. The van der Waals surface area contributed by atoms with Gasteiger partial charge in [-0.3, -0.25) is 29.4 Å². The Kier molecular flexibility index (Phi) is 6.28. The molecule has 30 heavy (non-hydrogen) atoms. The van der Waals surface area contributed by atoms with Crippen molar-refractivity contribution >= 4 is 29.5 Å². The lowest BCUT2D eigenvalue weighted by Gasteiger charge is -2.34. The number of amides is 4. The second-order valence-electron chi connectivity index (χ2n) is 7.02. The van der Waals surface area contributed by atoms with E-state index in [0.29, 0.717) is 19.7 Å². The highest BCUT2D eigenvalue weighted by atomic mass is 16.6. The van der Waals surface area contributed by atoms with Crippen molar-refractivity contribution in [1.29, 1.82) is 0 Å². The van der Waals surface area contributed by atoms with Crippen molar-refractivity contribution in [2.75, 3.05) is 39.3 Å². The van der Waals surface area contributed by atoms with Gasteiger partial charge in [-0.25, -0.2) is 4.79 Å². The van der Waals surface area contributed by atoms with Gasteiger partial charge in [0, 0.05) is 38.3 Å². The number of ether oxygens (including phenoxy) is 1. The summed E-state index contributed by atoms with van der Waals surface area (Å²) in [6, 6.07) is 3.41. The third-order valence-electron chi connectivity index (χ3n) is 5.07. The first-order valence-electron chi connectivity index (χ1n) is 9.67. The van der Waals surface area contributed by atoms with Crippen molar-refractivity contribution in [3.8, 4) is 0 Å². The normalized spacial score (nSPS) is 16.0. The van der Waals surface area contributed by atoms with E-state index in [9.17, 15) is 29.3 Å². The molecule has 11 nitrogen and oxygen atoms in total. The Morgan fingerprint density at radius 1 is 1.07 bits per heavy atom. The number of piperazine rings is 1. The number of hydrogen-bond donors (Lipinski definition) is 0. The number of benzene rings is 1. The Morgan fingerprint density at radius 2 is 1.70 bits per heavy atom. The van der Waals surface area contributed by atoms with E-state index >= 15 is 0 Å². The molecule has 0 radical (unpaired) electrons. The summed E-state index contributed by atoms with van der Waals surface area (Å²) in [5, 5.41) is 10.9. The molecule has 1 aromatic rings. The lowest BCUT2D eigenvalue weighted by atomic mass is 10.1. The summed E-state index contributed by atoms with van der Waals surface area (Å²) in [7, 11) is 0. The van der Waals surface area contributed by atoms with Gasteiger partial charge in [-0.1, -0.05) is 13.3 Å². The molecule has 0 atom stereocenters. The van der Waals surface area contributed by atoms with Crippen LogP contribution >= 0.6 is 0 Å². The van der Waals surface area contributed by atoms with E-state index in [1.54, 1.807) is 0 Å². The van der Waals surface area contributed by atoms with Gasteiger partial charge < -0.3 is 14.5 Å². The van der Waals surface area contributed by atoms with Gasteiger partial charge >= 0.3 is 6.09 Å². The molecule has 0 spiro atoms. The first-order chi connectivity index (χ1) is 14.3. The number of nitro groups is 1. The van der Waals surface area contributed by atoms with Gasteiger partial charge in [-0.2, -0.15) is 0 Å². The highest BCUT2D eigenvalue weighted by Crippen LogP contribution is 2.26. The highest BCUT2D eigenvalue weighted by molar-refractivity contribution is 6.22. The molecule has 11 heteroatoms. The maximum Gasteiger partial charge on any atom is 0.409 e. The van der Waals surface area contributed by atoms with Crippen molar-refractivity contribution in [2.24, 2.45) is 0 Å². The Labute approximate surface area is 172 Å². The van der Waals surface area contributed by atoms with E-state index < -0.39 is 35.3 Å². The fourth-order valence-electron chi connectivity index (χ4n) is 3.30. The molecule has 0 bridgehead atoms. The van der Waals surface area contributed by atoms with Gasteiger partial charge in [0.1, 0.15) is 6.54 Å². The number of non-ortho nitro benzene ring substituents is 1. The number of imide groups is 1. The third-order valence-corrected chi connectivity index (χ3v) is 5.07. The predicted molar refractivity (Wildman–Crippen MR) is 103 cm³/mol. The summed E-state index contributed by atoms with van der Waals surface area (Å²) >= 11 is 0. The van der Waals surface area contributed by atoms with Gasteiger partial charge in [0.05, 0.1) is 22.7 Å². The summed E-state index contributed by atoms with van der Waals surface area (Å²) < 4.78 is 5.15. The second kappa shape index (κ2) is 8.89. The van der Waals surface area contributed by atoms with E-state index in [-0.39, 0.29) is 29.9 Å². The number of carbonyl (C=O) groups excluding carboxylic acids is 4. The van der Waals surface area contributed by atoms with Crippen LogP contribution in [0, 0.1) is 10.1 Å². The van der Waals surface area contributed by atoms with Crippen LogP contribution in [0.3, 0.4) is 0 Å². The lowest BCUT2D eigenvalue weighted by molar-refractivity contribution is -0.384. The van der Waals surface area contributed by atoms with Crippen LogP contribution in [-0.2, 0) is 9.53 Å². The van der Waals surface area contributed by atoms with E-state index in [1.165, 1.54) is 15.9 Å². The second-order valence-corrected chi connectivity index (χ2v) is 7.02. The van der Waals surface area contributed by atoms with Gasteiger partial charge in [-0.05, 0) is 12.5 Å². The molecule has 2 heterocycles. The zero-order chi connectivity index (χ0) is 21.8. The van der Waals surface area contributed by atoms with E-state index in [4.69, 9.17) is 4.74 Å². The minimum atomic E-state index is -0.731. The van der Waals surface area contributed by atoms with Crippen molar-refractivity contribution < 1.29 is 28.8 Å². The number of fused-ring (bicyclic) bond motifs is 1. The SMILES string of the molecule is CCCCOC(=O)N1CCN(C(=O)CN2C(=O)c3ccc([N+](=O)[O-])cc3C2=O)CC1. The van der Waals surface area contributed by atoms with Crippen molar-refractivity contribution in [2.45, 2.75) is 19.8 Å². The molecular formula is C19H22N4O7. The Balaban J connectivity index is 1.57. The van der Waals surface area contributed by atoms with Gasteiger partial charge in [0.25, 0.3) is 17.5 Å². The molecule has 0 aromatic heterocycles. The van der Waals surface area contributed by atoms with Crippen LogP contribution in [0.25, 0.3) is 0 Å². The number of carbonyl (C=O) groups is 4. The standard InChI is InChI=1S/C19H22N4O7/c1-2-3-10-30-19(27)21-8-6-20(7-9-21)16(24)12-22-17(25)14-5-4-13(23(28)29)11-15(14)18(22)26/h4-5,11H,2-3,6-10,12H2,1H3. The molecule has 1 aromatic carbocycles. The molecule has 2 aliphatic rings. The predicted octanol–water partition coefficient (Wildman–Crippen LogP) is 1.27. The minimum Gasteiger partial charge on any atom is -0.449 e. The van der Waals surface area contributed by atoms with Crippen LogP contribution in [-0.4, -0.2) is 82.8 Å². The van der Waals surface area contributed by atoms with Gasteiger partial charge in [0.2, 0.25) is 5.91 Å². The van der Waals surface area contributed by atoms with Crippen LogP contribution in [0.5, 0.6) is 0 Å². The van der Waals surface area contributed by atoms with Crippen LogP contribution in [0.1, 0.15) is 40.5 Å². The monoisotopic (exact) mass is 418 g/mol. The van der Waals surface area contributed by atoms with Crippen LogP contribution < -0.4 is 0 Å².